The average Bonchev–Trinajstić information content (AvgIpc) is 2.80. The highest BCUT2D eigenvalue weighted by molar-refractivity contribution is 5.75. The Morgan fingerprint density at radius 2 is 2.24 bits per heavy atom. The summed E-state index contributed by atoms with van der Waals surface area (Å²) in [5.74, 6) is 4.81. The van der Waals surface area contributed by atoms with Crippen LogP contribution >= 0.6 is 0 Å². The van der Waals surface area contributed by atoms with Crippen molar-refractivity contribution in [3.8, 4) is 0 Å². The molecule has 0 saturated carbocycles. The SMILES string of the molecule is NNC(=O)CCCn1c2c(ccc1=O)CCC2. The first-order valence-electron chi connectivity index (χ1n) is 5.93. The highest BCUT2D eigenvalue weighted by Crippen LogP contribution is 2.20. The molecule has 1 aromatic heterocycles. The molecule has 0 radical (unpaired) electrons. The number of rotatable bonds is 4. The van der Waals surface area contributed by atoms with Crippen molar-refractivity contribution in [3.05, 3.63) is 33.7 Å². The van der Waals surface area contributed by atoms with Crippen LogP contribution in [0.25, 0.3) is 0 Å². The summed E-state index contributed by atoms with van der Waals surface area (Å²) in [5.41, 5.74) is 4.53. The molecule has 1 amide bonds. The minimum Gasteiger partial charge on any atom is -0.312 e. The van der Waals surface area contributed by atoms with E-state index in [4.69, 9.17) is 5.84 Å². The van der Waals surface area contributed by atoms with Crippen molar-refractivity contribution in [1.29, 1.82) is 0 Å². The summed E-state index contributed by atoms with van der Waals surface area (Å²) >= 11 is 0. The summed E-state index contributed by atoms with van der Waals surface area (Å²) in [6.07, 6.45) is 4.13. The van der Waals surface area contributed by atoms with Crippen molar-refractivity contribution in [2.75, 3.05) is 0 Å². The zero-order valence-electron chi connectivity index (χ0n) is 9.74. The lowest BCUT2D eigenvalue weighted by Crippen LogP contribution is -2.30. The van der Waals surface area contributed by atoms with Crippen molar-refractivity contribution in [2.24, 2.45) is 5.84 Å². The minimum atomic E-state index is -0.189. The van der Waals surface area contributed by atoms with E-state index in [2.05, 4.69) is 5.43 Å². The van der Waals surface area contributed by atoms with Gasteiger partial charge in [-0.3, -0.25) is 15.0 Å². The van der Waals surface area contributed by atoms with Gasteiger partial charge in [0.1, 0.15) is 0 Å². The fraction of sp³-hybridized carbons (Fsp3) is 0.500. The zero-order valence-corrected chi connectivity index (χ0v) is 9.74. The first kappa shape index (κ1) is 11.9. The molecule has 0 saturated heterocycles. The molecule has 0 unspecified atom stereocenters. The molecule has 1 aliphatic rings. The normalized spacial score (nSPS) is 13.5. The number of nitrogens with zero attached hydrogens (tertiary/aromatic N) is 1. The van der Waals surface area contributed by atoms with Crippen molar-refractivity contribution in [3.63, 3.8) is 0 Å². The van der Waals surface area contributed by atoms with Gasteiger partial charge in [-0.2, -0.15) is 0 Å². The predicted molar refractivity (Wildman–Crippen MR) is 64.3 cm³/mol. The third kappa shape index (κ3) is 2.55. The monoisotopic (exact) mass is 235 g/mol. The van der Waals surface area contributed by atoms with E-state index >= 15 is 0 Å². The number of carbonyl (C=O) groups excluding carboxylic acids is 1. The van der Waals surface area contributed by atoms with Crippen molar-refractivity contribution < 1.29 is 4.79 Å². The summed E-state index contributed by atoms with van der Waals surface area (Å²) in [6.45, 7) is 0.593. The molecule has 0 aromatic carbocycles. The summed E-state index contributed by atoms with van der Waals surface area (Å²) < 4.78 is 1.80. The second-order valence-corrected chi connectivity index (χ2v) is 4.32. The van der Waals surface area contributed by atoms with Crippen molar-refractivity contribution in [1.82, 2.24) is 9.99 Å². The maximum atomic E-state index is 11.8. The number of aromatic nitrogens is 1. The first-order chi connectivity index (χ1) is 8.22. The lowest BCUT2D eigenvalue weighted by molar-refractivity contribution is -0.121. The number of fused-ring (bicyclic) bond motifs is 1. The second-order valence-electron chi connectivity index (χ2n) is 4.32. The number of aryl methyl sites for hydroxylation is 1. The van der Waals surface area contributed by atoms with E-state index in [1.807, 2.05) is 6.07 Å². The number of amides is 1. The summed E-state index contributed by atoms with van der Waals surface area (Å²) in [7, 11) is 0. The van der Waals surface area contributed by atoms with Crippen LogP contribution in [0.3, 0.4) is 0 Å². The molecule has 92 valence electrons. The maximum absolute atomic E-state index is 11.8. The first-order valence-corrected chi connectivity index (χ1v) is 5.93. The Balaban J connectivity index is 2.08. The number of hydrazine groups is 1. The largest absolute Gasteiger partial charge is 0.312 e. The Morgan fingerprint density at radius 1 is 1.41 bits per heavy atom. The van der Waals surface area contributed by atoms with Crippen LogP contribution in [0.15, 0.2) is 16.9 Å². The molecule has 1 aromatic rings. The lowest BCUT2D eigenvalue weighted by Gasteiger charge is -2.11. The summed E-state index contributed by atoms with van der Waals surface area (Å²) in [6, 6.07) is 3.54. The van der Waals surface area contributed by atoms with Crippen LogP contribution in [0.4, 0.5) is 0 Å². The Hall–Kier alpha value is -1.62. The molecule has 5 heteroatoms. The van der Waals surface area contributed by atoms with E-state index in [0.717, 1.165) is 25.0 Å². The van der Waals surface area contributed by atoms with Gasteiger partial charge in [-0.1, -0.05) is 6.07 Å². The molecule has 3 N–H and O–H groups in total. The van der Waals surface area contributed by atoms with Gasteiger partial charge in [0.25, 0.3) is 5.56 Å². The second kappa shape index (κ2) is 5.14. The number of carbonyl (C=O) groups is 1. The lowest BCUT2D eigenvalue weighted by atomic mass is 10.2. The minimum absolute atomic E-state index is 0.0267. The molecule has 0 spiro atoms. The fourth-order valence-electron chi connectivity index (χ4n) is 2.35. The smallest absolute Gasteiger partial charge is 0.250 e. The van der Waals surface area contributed by atoms with Gasteiger partial charge in [0.05, 0.1) is 0 Å². The third-order valence-corrected chi connectivity index (χ3v) is 3.20. The van der Waals surface area contributed by atoms with E-state index in [1.165, 1.54) is 5.56 Å². The van der Waals surface area contributed by atoms with Crippen LogP contribution < -0.4 is 16.8 Å². The summed E-state index contributed by atoms with van der Waals surface area (Å²) in [4.78, 5) is 22.8. The Labute approximate surface area is 99.6 Å². The van der Waals surface area contributed by atoms with E-state index in [1.54, 1.807) is 10.6 Å². The van der Waals surface area contributed by atoms with Crippen molar-refractivity contribution >= 4 is 5.91 Å². The summed E-state index contributed by atoms with van der Waals surface area (Å²) in [5, 5.41) is 0. The molecule has 2 rings (SSSR count). The van der Waals surface area contributed by atoms with Crippen LogP contribution in [-0.4, -0.2) is 10.5 Å². The number of pyridine rings is 1. The van der Waals surface area contributed by atoms with Crippen LogP contribution in [0.2, 0.25) is 0 Å². The molecule has 0 fully saturated rings. The standard InChI is InChI=1S/C12H17N3O2/c13-14-11(16)5-2-8-15-10-4-1-3-9(10)6-7-12(15)17/h6-7H,1-5,8,13H2,(H,14,16). The van der Waals surface area contributed by atoms with Gasteiger partial charge in [0, 0.05) is 24.7 Å². The molecule has 1 heterocycles. The number of nitrogens with two attached hydrogens (primary N) is 1. The molecular weight excluding hydrogens is 218 g/mol. The molecule has 17 heavy (non-hydrogen) atoms. The van der Waals surface area contributed by atoms with E-state index < -0.39 is 0 Å². The molecule has 1 aliphatic carbocycles. The van der Waals surface area contributed by atoms with E-state index in [-0.39, 0.29) is 11.5 Å². The average molecular weight is 235 g/mol. The van der Waals surface area contributed by atoms with Gasteiger partial charge >= 0.3 is 0 Å². The van der Waals surface area contributed by atoms with Crippen LogP contribution in [0.5, 0.6) is 0 Å². The topological polar surface area (TPSA) is 77.1 Å². The Morgan fingerprint density at radius 3 is 3.00 bits per heavy atom. The van der Waals surface area contributed by atoms with E-state index in [0.29, 0.717) is 19.4 Å². The van der Waals surface area contributed by atoms with Crippen LogP contribution in [-0.2, 0) is 24.2 Å². The fourth-order valence-corrected chi connectivity index (χ4v) is 2.35. The molecule has 0 bridgehead atoms. The maximum Gasteiger partial charge on any atom is 0.250 e. The Bertz CT molecular complexity index is 479. The van der Waals surface area contributed by atoms with Gasteiger partial charge in [0.2, 0.25) is 5.91 Å². The highest BCUT2D eigenvalue weighted by atomic mass is 16.2. The Kier molecular flexibility index (Phi) is 3.58. The van der Waals surface area contributed by atoms with Gasteiger partial charge in [-0.05, 0) is 31.2 Å². The van der Waals surface area contributed by atoms with Crippen LogP contribution in [0, 0.1) is 0 Å². The third-order valence-electron chi connectivity index (χ3n) is 3.20. The number of nitrogens with one attached hydrogen (secondary N) is 1. The molecule has 5 nitrogen and oxygen atoms in total. The molecular formula is C12H17N3O2. The molecule has 0 aliphatic heterocycles. The molecule has 0 atom stereocenters. The zero-order chi connectivity index (χ0) is 12.3. The number of hydrogen-bond donors (Lipinski definition) is 2. The number of hydrogen-bond acceptors (Lipinski definition) is 3. The predicted octanol–water partition coefficient (Wildman–Crippen LogP) is 0.107. The van der Waals surface area contributed by atoms with Gasteiger partial charge in [-0.25, -0.2) is 5.84 Å². The van der Waals surface area contributed by atoms with Gasteiger partial charge in [-0.15, -0.1) is 0 Å². The highest BCUT2D eigenvalue weighted by Gasteiger charge is 2.15. The van der Waals surface area contributed by atoms with Gasteiger partial charge < -0.3 is 4.57 Å². The van der Waals surface area contributed by atoms with Crippen molar-refractivity contribution in [2.45, 2.75) is 38.6 Å². The van der Waals surface area contributed by atoms with E-state index in [9.17, 15) is 9.59 Å². The van der Waals surface area contributed by atoms with Gasteiger partial charge in [0.15, 0.2) is 0 Å². The quantitative estimate of drug-likeness (QED) is 0.441. The van der Waals surface area contributed by atoms with Crippen LogP contribution in [0.1, 0.15) is 30.5 Å².